The van der Waals surface area contributed by atoms with Crippen LogP contribution in [0.15, 0.2) is 30.5 Å². The van der Waals surface area contributed by atoms with Gasteiger partial charge in [-0.3, -0.25) is 4.79 Å². The van der Waals surface area contributed by atoms with Crippen molar-refractivity contribution >= 4 is 16.9 Å². The Balaban J connectivity index is 2.18. The number of methoxy groups -OCH3 is 1. The third-order valence-electron chi connectivity index (χ3n) is 2.84. The number of carbonyl (C=O) groups excluding carboxylic acids is 1. The van der Waals surface area contributed by atoms with Crippen LogP contribution in [0.4, 0.5) is 0 Å². The first-order valence-corrected chi connectivity index (χ1v) is 6.03. The van der Waals surface area contributed by atoms with Crippen molar-refractivity contribution in [1.29, 1.82) is 0 Å². The lowest BCUT2D eigenvalue weighted by Crippen LogP contribution is -2.06. The van der Waals surface area contributed by atoms with E-state index in [1.165, 1.54) is 7.11 Å². The molecule has 0 aliphatic carbocycles. The van der Waals surface area contributed by atoms with Crippen LogP contribution in [-0.4, -0.2) is 24.3 Å². The maximum absolute atomic E-state index is 11.1. The van der Waals surface area contributed by atoms with Gasteiger partial charge >= 0.3 is 5.97 Å². The second-order valence-corrected chi connectivity index (χ2v) is 3.99. The zero-order chi connectivity index (χ0) is 13.0. The molecular formula is C14H17NO3. The molecule has 0 atom stereocenters. The number of benzene rings is 1. The maximum Gasteiger partial charge on any atom is 0.307 e. The van der Waals surface area contributed by atoms with Gasteiger partial charge in [0.1, 0.15) is 5.75 Å². The normalized spacial score (nSPS) is 10.6. The average molecular weight is 247 g/mol. The highest BCUT2D eigenvalue weighted by molar-refractivity contribution is 5.81. The fourth-order valence-electron chi connectivity index (χ4n) is 1.94. The number of rotatable bonds is 5. The molecule has 0 amide bonds. The highest BCUT2D eigenvalue weighted by Crippen LogP contribution is 2.22. The van der Waals surface area contributed by atoms with Gasteiger partial charge in [0.25, 0.3) is 0 Å². The molecule has 96 valence electrons. The lowest BCUT2D eigenvalue weighted by molar-refractivity contribution is -0.140. The summed E-state index contributed by atoms with van der Waals surface area (Å²) in [5.41, 5.74) is 1.10. The van der Waals surface area contributed by atoms with Gasteiger partial charge in [-0.05, 0) is 31.2 Å². The van der Waals surface area contributed by atoms with Gasteiger partial charge in [0.05, 0.1) is 20.1 Å². The van der Waals surface area contributed by atoms with Crippen molar-refractivity contribution in [2.75, 3.05) is 13.7 Å². The summed E-state index contributed by atoms with van der Waals surface area (Å²) < 4.78 is 12.1. The molecule has 2 rings (SSSR count). The fraction of sp³-hybridized carbons (Fsp3) is 0.357. The van der Waals surface area contributed by atoms with Crippen molar-refractivity contribution in [1.82, 2.24) is 4.57 Å². The van der Waals surface area contributed by atoms with Gasteiger partial charge in [-0.1, -0.05) is 0 Å². The Bertz CT molecular complexity index is 545. The number of aromatic nitrogens is 1. The Hall–Kier alpha value is -1.97. The molecule has 0 fully saturated rings. The molecule has 2 aromatic rings. The highest BCUT2D eigenvalue weighted by Gasteiger charge is 2.05. The van der Waals surface area contributed by atoms with Gasteiger partial charge in [0.15, 0.2) is 0 Å². The van der Waals surface area contributed by atoms with Crippen LogP contribution in [0.3, 0.4) is 0 Å². The molecule has 4 nitrogen and oxygen atoms in total. The van der Waals surface area contributed by atoms with Gasteiger partial charge in [-0.15, -0.1) is 0 Å². The number of nitrogens with zero attached hydrogens (tertiary/aromatic N) is 1. The third kappa shape index (κ3) is 2.64. The van der Waals surface area contributed by atoms with Crippen molar-refractivity contribution in [3.05, 3.63) is 30.5 Å². The Morgan fingerprint density at radius 3 is 2.89 bits per heavy atom. The van der Waals surface area contributed by atoms with E-state index in [0.29, 0.717) is 19.6 Å². The van der Waals surface area contributed by atoms with Crippen LogP contribution in [0.2, 0.25) is 0 Å². The van der Waals surface area contributed by atoms with E-state index in [1.54, 1.807) is 0 Å². The van der Waals surface area contributed by atoms with E-state index < -0.39 is 0 Å². The summed E-state index contributed by atoms with van der Waals surface area (Å²) >= 11 is 0. The summed E-state index contributed by atoms with van der Waals surface area (Å²) in [7, 11) is 1.41. The van der Waals surface area contributed by atoms with Gasteiger partial charge in [0, 0.05) is 23.6 Å². The molecule has 1 heterocycles. The van der Waals surface area contributed by atoms with Crippen LogP contribution in [0.1, 0.15) is 13.3 Å². The van der Waals surface area contributed by atoms with Gasteiger partial charge in [0.2, 0.25) is 0 Å². The monoisotopic (exact) mass is 247 g/mol. The molecule has 0 spiro atoms. The number of aryl methyl sites for hydroxylation is 1. The van der Waals surface area contributed by atoms with Crippen LogP contribution in [0.5, 0.6) is 5.75 Å². The zero-order valence-corrected chi connectivity index (χ0v) is 10.7. The number of fused-ring (bicyclic) bond motifs is 1. The van der Waals surface area contributed by atoms with Crippen molar-refractivity contribution in [3.63, 3.8) is 0 Å². The molecule has 0 saturated carbocycles. The molecule has 18 heavy (non-hydrogen) atoms. The summed E-state index contributed by atoms with van der Waals surface area (Å²) in [4.78, 5) is 11.1. The first kappa shape index (κ1) is 12.5. The topological polar surface area (TPSA) is 40.5 Å². The lowest BCUT2D eigenvalue weighted by Gasteiger charge is -2.06. The summed E-state index contributed by atoms with van der Waals surface area (Å²) in [5, 5.41) is 1.12. The molecule has 4 heteroatoms. The Morgan fingerprint density at radius 2 is 2.17 bits per heavy atom. The Labute approximate surface area is 106 Å². The SMILES string of the molecule is CCOc1ccc2c(ccn2CCC(=O)OC)c1. The van der Waals surface area contributed by atoms with E-state index in [1.807, 2.05) is 42.0 Å². The maximum atomic E-state index is 11.1. The second kappa shape index (κ2) is 5.58. The van der Waals surface area contributed by atoms with E-state index in [4.69, 9.17) is 4.74 Å². The fourth-order valence-corrected chi connectivity index (χ4v) is 1.94. The summed E-state index contributed by atoms with van der Waals surface area (Å²) in [5.74, 6) is 0.679. The first-order valence-electron chi connectivity index (χ1n) is 6.03. The van der Waals surface area contributed by atoms with Crippen LogP contribution in [0, 0.1) is 0 Å². The molecule has 0 unspecified atom stereocenters. The van der Waals surface area contributed by atoms with Crippen LogP contribution >= 0.6 is 0 Å². The van der Waals surface area contributed by atoms with E-state index >= 15 is 0 Å². The molecular weight excluding hydrogens is 230 g/mol. The van der Waals surface area contributed by atoms with Crippen LogP contribution in [0.25, 0.3) is 10.9 Å². The number of esters is 1. The van der Waals surface area contributed by atoms with Gasteiger partial charge < -0.3 is 14.0 Å². The van der Waals surface area contributed by atoms with E-state index in [0.717, 1.165) is 16.7 Å². The Morgan fingerprint density at radius 1 is 1.33 bits per heavy atom. The standard InChI is InChI=1S/C14H17NO3/c1-3-18-12-4-5-13-11(10-12)6-8-15(13)9-7-14(16)17-2/h4-6,8,10H,3,7,9H2,1-2H3. The largest absolute Gasteiger partial charge is 0.494 e. The zero-order valence-electron chi connectivity index (χ0n) is 10.7. The molecule has 0 saturated heterocycles. The van der Waals surface area contributed by atoms with Gasteiger partial charge in [-0.2, -0.15) is 0 Å². The van der Waals surface area contributed by atoms with E-state index in [9.17, 15) is 4.79 Å². The smallest absolute Gasteiger partial charge is 0.307 e. The van der Waals surface area contributed by atoms with E-state index in [-0.39, 0.29) is 5.97 Å². The predicted molar refractivity (Wildman–Crippen MR) is 69.7 cm³/mol. The summed E-state index contributed by atoms with van der Waals surface area (Å²) in [6, 6.07) is 7.99. The minimum Gasteiger partial charge on any atom is -0.494 e. The molecule has 0 radical (unpaired) electrons. The summed E-state index contributed by atoms with van der Waals surface area (Å²) in [6.45, 7) is 3.25. The second-order valence-electron chi connectivity index (χ2n) is 3.99. The van der Waals surface area contributed by atoms with Crippen LogP contribution in [-0.2, 0) is 16.1 Å². The molecule has 0 aliphatic heterocycles. The molecule has 0 bridgehead atoms. The molecule has 0 aliphatic rings. The lowest BCUT2D eigenvalue weighted by atomic mass is 10.2. The summed E-state index contributed by atoms with van der Waals surface area (Å²) in [6.07, 6.45) is 2.36. The third-order valence-corrected chi connectivity index (χ3v) is 2.84. The number of ether oxygens (including phenoxy) is 2. The highest BCUT2D eigenvalue weighted by atomic mass is 16.5. The Kier molecular flexibility index (Phi) is 3.87. The first-order chi connectivity index (χ1) is 8.74. The molecule has 1 aromatic carbocycles. The minimum absolute atomic E-state index is 0.192. The average Bonchev–Trinajstić information content (AvgIpc) is 2.79. The molecule has 0 N–H and O–H groups in total. The number of carbonyl (C=O) groups is 1. The molecule has 1 aromatic heterocycles. The van der Waals surface area contributed by atoms with Crippen LogP contribution < -0.4 is 4.74 Å². The number of hydrogen-bond acceptors (Lipinski definition) is 3. The van der Waals surface area contributed by atoms with Crippen molar-refractivity contribution in [3.8, 4) is 5.75 Å². The van der Waals surface area contributed by atoms with E-state index in [2.05, 4.69) is 4.74 Å². The van der Waals surface area contributed by atoms with Crippen molar-refractivity contribution < 1.29 is 14.3 Å². The number of hydrogen-bond donors (Lipinski definition) is 0. The quantitative estimate of drug-likeness (QED) is 0.762. The predicted octanol–water partition coefficient (Wildman–Crippen LogP) is 2.60. The van der Waals surface area contributed by atoms with Crippen molar-refractivity contribution in [2.45, 2.75) is 19.9 Å². The minimum atomic E-state index is -0.192. The van der Waals surface area contributed by atoms with Gasteiger partial charge in [-0.25, -0.2) is 0 Å². The van der Waals surface area contributed by atoms with Crippen molar-refractivity contribution in [2.24, 2.45) is 0 Å².